The van der Waals surface area contributed by atoms with Crippen molar-refractivity contribution in [2.45, 2.75) is 180 Å². The standard InChI is InChI=1S/C37H69NO6/c1-2-3-4-5-6-7-8-9-10-11-12-13-14-15-16-17-18-19-20-24-31-38(32-25-21-28-35(39)40,33-26-22-29-36(41)42)34-27-23-30-37(43)44/h9-10H,2-8,11-34H2,1H3,(H2-,39,40,41,42,43,44)/b10-9+. The molecule has 44 heavy (non-hydrogen) atoms. The quantitative estimate of drug-likeness (QED) is 0.0414. The minimum atomic E-state index is -1.02. The molecule has 0 fully saturated rings. The van der Waals surface area contributed by atoms with Crippen molar-refractivity contribution >= 4 is 17.9 Å². The number of carboxylic acids is 3. The zero-order chi connectivity index (χ0) is 32.6. The van der Waals surface area contributed by atoms with Crippen molar-refractivity contribution in [3.05, 3.63) is 12.2 Å². The van der Waals surface area contributed by atoms with Crippen LogP contribution >= 0.6 is 0 Å². The van der Waals surface area contributed by atoms with Gasteiger partial charge >= 0.3 is 11.9 Å². The molecule has 0 rings (SSSR count). The van der Waals surface area contributed by atoms with Gasteiger partial charge in [-0.05, 0) is 83.5 Å². The lowest BCUT2D eigenvalue weighted by atomic mass is 10.0. The molecule has 0 aromatic rings. The van der Waals surface area contributed by atoms with Gasteiger partial charge in [-0.25, -0.2) is 0 Å². The molecule has 2 N–H and O–H groups in total. The number of hydrogen-bond acceptors (Lipinski definition) is 4. The maximum Gasteiger partial charge on any atom is 0.303 e. The largest absolute Gasteiger partial charge is 0.550 e. The number of nitrogens with zero attached hydrogens (tertiary/aromatic N) is 1. The van der Waals surface area contributed by atoms with Crippen LogP contribution in [0.25, 0.3) is 0 Å². The van der Waals surface area contributed by atoms with E-state index >= 15 is 0 Å². The Kier molecular flexibility index (Phi) is 29.8. The van der Waals surface area contributed by atoms with Gasteiger partial charge in [0.1, 0.15) is 0 Å². The van der Waals surface area contributed by atoms with E-state index in [1.165, 1.54) is 109 Å². The molecule has 7 nitrogen and oxygen atoms in total. The molecule has 0 radical (unpaired) electrons. The van der Waals surface area contributed by atoms with E-state index in [-0.39, 0.29) is 19.3 Å². The highest BCUT2D eigenvalue weighted by atomic mass is 16.4. The molecule has 0 aromatic carbocycles. The first-order valence-corrected chi connectivity index (χ1v) is 18.4. The number of hydrogen-bond donors (Lipinski definition) is 2. The smallest absolute Gasteiger partial charge is 0.303 e. The maximum absolute atomic E-state index is 11.0. The van der Waals surface area contributed by atoms with Crippen LogP contribution in [0, 0.1) is 0 Å². The lowest BCUT2D eigenvalue weighted by Crippen LogP contribution is -2.51. The molecular weight excluding hydrogens is 554 g/mol. The van der Waals surface area contributed by atoms with E-state index in [1.54, 1.807) is 0 Å². The summed E-state index contributed by atoms with van der Waals surface area (Å²) in [5.41, 5.74) is 0. The Labute approximate surface area is 270 Å². The zero-order valence-electron chi connectivity index (χ0n) is 28.5. The molecular formula is C37H69NO6. The van der Waals surface area contributed by atoms with E-state index in [0.29, 0.717) is 19.3 Å². The normalized spacial score (nSPS) is 11.8. The van der Waals surface area contributed by atoms with Crippen LogP contribution in [0.2, 0.25) is 0 Å². The molecule has 258 valence electrons. The van der Waals surface area contributed by atoms with E-state index in [1.807, 2.05) is 0 Å². The first-order chi connectivity index (χ1) is 21.3. The molecule has 0 heterocycles. The van der Waals surface area contributed by atoms with E-state index in [2.05, 4.69) is 19.1 Å². The number of aliphatic carboxylic acids is 3. The fraction of sp³-hybridized carbons (Fsp3) is 0.865. The highest BCUT2D eigenvalue weighted by molar-refractivity contribution is 5.66. The van der Waals surface area contributed by atoms with Gasteiger partial charge in [0.25, 0.3) is 0 Å². The van der Waals surface area contributed by atoms with Crippen LogP contribution < -0.4 is 5.11 Å². The third kappa shape index (κ3) is 30.1. The number of quaternary nitrogens is 1. The average molecular weight is 624 g/mol. The average Bonchev–Trinajstić information content (AvgIpc) is 2.98. The summed E-state index contributed by atoms with van der Waals surface area (Å²) < 4.78 is 0.848. The molecule has 0 amide bonds. The number of unbranched alkanes of at least 4 members (excludes halogenated alkanes) is 19. The van der Waals surface area contributed by atoms with Crippen LogP contribution in [0.5, 0.6) is 0 Å². The number of allylic oxidation sites excluding steroid dienone is 2. The van der Waals surface area contributed by atoms with E-state index < -0.39 is 17.9 Å². The van der Waals surface area contributed by atoms with Gasteiger partial charge in [-0.2, -0.15) is 0 Å². The topological polar surface area (TPSA) is 115 Å². The molecule has 7 heteroatoms. The van der Waals surface area contributed by atoms with Crippen molar-refractivity contribution in [3.8, 4) is 0 Å². The Morgan fingerprint density at radius 1 is 0.477 bits per heavy atom. The van der Waals surface area contributed by atoms with Gasteiger partial charge in [0.15, 0.2) is 0 Å². The van der Waals surface area contributed by atoms with Crippen molar-refractivity contribution < 1.29 is 34.2 Å². The Balaban J connectivity index is 4.25. The summed E-state index contributed by atoms with van der Waals surface area (Å²) in [5, 5.41) is 29.0. The summed E-state index contributed by atoms with van der Waals surface area (Å²) in [6, 6.07) is 0. The molecule has 0 saturated carbocycles. The van der Waals surface area contributed by atoms with Gasteiger partial charge in [0.2, 0.25) is 0 Å². The van der Waals surface area contributed by atoms with Crippen LogP contribution in [-0.2, 0) is 14.4 Å². The highest BCUT2D eigenvalue weighted by Gasteiger charge is 2.26. The van der Waals surface area contributed by atoms with Gasteiger partial charge in [-0.3, -0.25) is 9.59 Å². The van der Waals surface area contributed by atoms with Gasteiger partial charge in [-0.15, -0.1) is 0 Å². The summed E-state index contributed by atoms with van der Waals surface area (Å²) in [7, 11) is 0. The van der Waals surface area contributed by atoms with E-state index in [0.717, 1.165) is 56.3 Å². The summed E-state index contributed by atoms with van der Waals surface area (Å²) in [6.45, 7) is 5.88. The van der Waals surface area contributed by atoms with Crippen LogP contribution in [0.15, 0.2) is 12.2 Å². The van der Waals surface area contributed by atoms with Gasteiger partial charge < -0.3 is 24.6 Å². The summed E-state index contributed by atoms with van der Waals surface area (Å²) in [6.07, 6.45) is 32.9. The summed E-state index contributed by atoms with van der Waals surface area (Å²) in [4.78, 5) is 32.9. The molecule has 0 atom stereocenters. The third-order valence-electron chi connectivity index (χ3n) is 8.95. The molecule has 0 unspecified atom stereocenters. The maximum atomic E-state index is 11.0. The van der Waals surface area contributed by atoms with Crippen molar-refractivity contribution in [2.75, 3.05) is 26.2 Å². The fourth-order valence-corrected chi connectivity index (χ4v) is 6.24. The molecule has 0 spiro atoms. The summed E-state index contributed by atoms with van der Waals surface area (Å²) >= 11 is 0. The SMILES string of the molecule is CCCCCCCC/C=C/CCCCCCCCCCCC[N+](CCCCC(=O)[O-])(CCCCC(=O)O)CCCCC(=O)O. The Hall–Kier alpha value is -1.89. The monoisotopic (exact) mass is 624 g/mol. The second kappa shape index (κ2) is 31.1. The van der Waals surface area contributed by atoms with Gasteiger partial charge in [0, 0.05) is 18.8 Å². The molecule has 0 aliphatic heterocycles. The molecule has 0 aliphatic carbocycles. The lowest BCUT2D eigenvalue weighted by molar-refractivity contribution is -0.929. The first-order valence-electron chi connectivity index (χ1n) is 18.4. The van der Waals surface area contributed by atoms with Crippen molar-refractivity contribution in [1.29, 1.82) is 0 Å². The zero-order valence-corrected chi connectivity index (χ0v) is 28.5. The first kappa shape index (κ1) is 42.1. The number of rotatable bonds is 35. The number of carboxylic acid groups (broad SMARTS) is 3. The summed E-state index contributed by atoms with van der Waals surface area (Å²) in [5.74, 6) is -2.56. The van der Waals surface area contributed by atoms with E-state index in [4.69, 9.17) is 10.2 Å². The van der Waals surface area contributed by atoms with Gasteiger partial charge in [0.05, 0.1) is 26.2 Å². The Morgan fingerprint density at radius 3 is 1.16 bits per heavy atom. The highest BCUT2D eigenvalue weighted by Crippen LogP contribution is 2.20. The van der Waals surface area contributed by atoms with Gasteiger partial charge in [-0.1, -0.05) is 96.1 Å². The molecule has 0 aromatic heterocycles. The van der Waals surface area contributed by atoms with Crippen LogP contribution in [0.4, 0.5) is 0 Å². The predicted molar refractivity (Wildman–Crippen MR) is 179 cm³/mol. The minimum Gasteiger partial charge on any atom is -0.550 e. The van der Waals surface area contributed by atoms with Crippen molar-refractivity contribution in [2.24, 2.45) is 0 Å². The molecule has 0 aliphatic rings. The minimum absolute atomic E-state index is 0.0639. The van der Waals surface area contributed by atoms with Crippen LogP contribution in [-0.4, -0.2) is 58.8 Å². The van der Waals surface area contributed by atoms with Crippen molar-refractivity contribution in [1.82, 2.24) is 0 Å². The Morgan fingerprint density at radius 2 is 0.795 bits per heavy atom. The lowest BCUT2D eigenvalue weighted by Gasteiger charge is -2.39. The fourth-order valence-electron chi connectivity index (χ4n) is 6.24. The second-order valence-electron chi connectivity index (χ2n) is 13.1. The second-order valence-corrected chi connectivity index (χ2v) is 13.1. The third-order valence-corrected chi connectivity index (χ3v) is 8.95. The number of carbonyl (C=O) groups is 3. The molecule has 0 bridgehead atoms. The van der Waals surface area contributed by atoms with Crippen LogP contribution in [0.1, 0.15) is 180 Å². The molecule has 0 saturated heterocycles. The van der Waals surface area contributed by atoms with E-state index in [9.17, 15) is 19.5 Å². The Bertz CT molecular complexity index is 668. The number of carbonyl (C=O) groups excluding carboxylic acids is 1. The van der Waals surface area contributed by atoms with Crippen LogP contribution in [0.3, 0.4) is 0 Å². The van der Waals surface area contributed by atoms with Crippen molar-refractivity contribution in [3.63, 3.8) is 0 Å². The predicted octanol–water partition coefficient (Wildman–Crippen LogP) is 8.83.